The quantitative estimate of drug-likeness (QED) is 0.0151. The Labute approximate surface area is 383 Å². The van der Waals surface area contributed by atoms with Crippen molar-refractivity contribution in [3.63, 3.8) is 0 Å². The highest BCUT2D eigenvalue weighted by Gasteiger charge is 2.27. The molecule has 12 nitrogen and oxygen atoms in total. The molecule has 0 amide bonds. The average Bonchev–Trinajstić information content (AvgIpc) is 3.23. The van der Waals surface area contributed by atoms with E-state index in [2.05, 4.69) is 13.8 Å². The Morgan fingerprint density at radius 1 is 0.556 bits per heavy atom. The maximum absolute atomic E-state index is 12.8. The third-order valence-corrected chi connectivity index (χ3v) is 11.7. The average molecular weight is 915 g/mol. The molecule has 0 saturated heterocycles. The van der Waals surface area contributed by atoms with Crippen molar-refractivity contribution >= 4 is 19.8 Å². The number of aliphatic hydroxyl groups is 3. The van der Waals surface area contributed by atoms with E-state index in [0.717, 1.165) is 44.9 Å². The van der Waals surface area contributed by atoms with Crippen LogP contribution in [0.3, 0.4) is 0 Å². The van der Waals surface area contributed by atoms with Crippen LogP contribution in [0.15, 0.2) is 48.6 Å². The molecule has 0 rings (SSSR count). The van der Waals surface area contributed by atoms with Gasteiger partial charge in [-0.2, -0.15) is 0 Å². The number of phosphoric acid groups is 1. The number of aliphatic hydroxyl groups excluding tert-OH is 3. The molecule has 368 valence electrons. The lowest BCUT2D eigenvalue weighted by atomic mass is 10.0. The molecule has 63 heavy (non-hydrogen) atoms. The molecule has 0 fully saturated rings. The van der Waals surface area contributed by atoms with E-state index in [0.29, 0.717) is 17.4 Å². The Bertz CT molecular complexity index is 1270. The number of hydrogen-bond donors (Lipinski definition) is 4. The van der Waals surface area contributed by atoms with E-state index in [4.69, 9.17) is 18.5 Å². The second kappa shape index (κ2) is 41.3. The topological polar surface area (TPSA) is 169 Å². The van der Waals surface area contributed by atoms with Gasteiger partial charge in [0.05, 0.1) is 46.1 Å². The maximum Gasteiger partial charge on any atom is 0.472 e. The first kappa shape index (κ1) is 60.9. The molecule has 0 aromatic heterocycles. The van der Waals surface area contributed by atoms with Gasteiger partial charge in [0.15, 0.2) is 6.10 Å². The summed E-state index contributed by atoms with van der Waals surface area (Å²) in [6.07, 6.45) is 38.1. The van der Waals surface area contributed by atoms with Crippen LogP contribution in [0.1, 0.15) is 187 Å². The highest BCUT2D eigenvalue weighted by Crippen LogP contribution is 2.43. The fraction of sp³-hybridized carbons (Fsp3) is 0.800. The smallest absolute Gasteiger partial charge is 0.462 e. The molecule has 0 aliphatic heterocycles. The van der Waals surface area contributed by atoms with Gasteiger partial charge in [-0.05, 0) is 25.7 Å². The summed E-state index contributed by atoms with van der Waals surface area (Å²) in [6.45, 7) is 3.94. The molecule has 0 aromatic carbocycles. The number of ether oxygens (including phenoxy) is 2. The molecule has 0 aliphatic rings. The Hall–Kier alpha value is -2.15. The van der Waals surface area contributed by atoms with Crippen molar-refractivity contribution in [1.82, 2.24) is 0 Å². The third-order valence-electron chi connectivity index (χ3n) is 10.7. The minimum Gasteiger partial charge on any atom is -0.462 e. The van der Waals surface area contributed by atoms with E-state index >= 15 is 0 Å². The van der Waals surface area contributed by atoms with Gasteiger partial charge in [-0.25, -0.2) is 4.57 Å². The van der Waals surface area contributed by atoms with Crippen LogP contribution in [-0.4, -0.2) is 109 Å². The summed E-state index contributed by atoms with van der Waals surface area (Å²) in [6, 6.07) is 0. The number of nitrogens with zero attached hydrogens (tertiary/aromatic N) is 1. The number of esters is 2. The van der Waals surface area contributed by atoms with E-state index in [1.807, 2.05) is 21.1 Å². The second-order valence-corrected chi connectivity index (χ2v) is 19.5. The van der Waals surface area contributed by atoms with Gasteiger partial charge in [0.2, 0.25) is 0 Å². The van der Waals surface area contributed by atoms with Crippen molar-refractivity contribution in [1.29, 1.82) is 0 Å². The normalized spacial score (nSPS) is 15.4. The molecule has 0 bridgehead atoms. The Kier molecular flexibility index (Phi) is 39.9. The highest BCUT2D eigenvalue weighted by atomic mass is 31.2. The van der Waals surface area contributed by atoms with Crippen LogP contribution >= 0.6 is 7.82 Å². The zero-order valence-corrected chi connectivity index (χ0v) is 41.3. The van der Waals surface area contributed by atoms with Gasteiger partial charge in [0.1, 0.15) is 19.8 Å². The molecule has 0 heterocycles. The fourth-order valence-electron chi connectivity index (χ4n) is 6.69. The maximum atomic E-state index is 12.8. The van der Waals surface area contributed by atoms with Crippen molar-refractivity contribution in [2.45, 2.75) is 212 Å². The SMILES string of the molecule is CCCCCCCCCCCCCCCCCCCCCC(=O)O[C@H](COC(=O)CCC[C@@H](O)[C@H](O)/C=C/C=C/C=C\C=C\[C@H](O)CCCCC)COP(=O)(O)OCC[N+](C)(C)C. The second-order valence-electron chi connectivity index (χ2n) is 18.1. The van der Waals surface area contributed by atoms with E-state index in [1.165, 1.54) is 102 Å². The lowest BCUT2D eigenvalue weighted by molar-refractivity contribution is -0.870. The lowest BCUT2D eigenvalue weighted by Crippen LogP contribution is -2.37. The molecule has 1 unspecified atom stereocenters. The van der Waals surface area contributed by atoms with Gasteiger partial charge < -0.3 is 34.2 Å². The van der Waals surface area contributed by atoms with Crippen LogP contribution in [0, 0.1) is 0 Å². The summed E-state index contributed by atoms with van der Waals surface area (Å²) in [4.78, 5) is 35.5. The summed E-state index contributed by atoms with van der Waals surface area (Å²) < 4.78 is 34.1. The van der Waals surface area contributed by atoms with Gasteiger partial charge in [0.25, 0.3) is 0 Å². The molecule has 5 atom stereocenters. The molecule has 0 radical (unpaired) electrons. The molecular weight excluding hydrogens is 822 g/mol. The Morgan fingerprint density at radius 2 is 1.02 bits per heavy atom. The Morgan fingerprint density at radius 3 is 1.54 bits per heavy atom. The number of phosphoric ester groups is 1. The van der Waals surface area contributed by atoms with E-state index in [-0.39, 0.29) is 38.9 Å². The van der Waals surface area contributed by atoms with E-state index in [9.17, 15) is 34.4 Å². The monoisotopic (exact) mass is 915 g/mol. The molecule has 0 spiro atoms. The van der Waals surface area contributed by atoms with E-state index in [1.54, 1.807) is 42.5 Å². The number of allylic oxidation sites excluding steroid dienone is 6. The van der Waals surface area contributed by atoms with Crippen LogP contribution in [0.25, 0.3) is 0 Å². The van der Waals surface area contributed by atoms with Gasteiger partial charge in [-0.3, -0.25) is 18.6 Å². The van der Waals surface area contributed by atoms with Gasteiger partial charge in [0, 0.05) is 12.8 Å². The van der Waals surface area contributed by atoms with Crippen LogP contribution in [-0.2, 0) is 32.7 Å². The van der Waals surface area contributed by atoms with Gasteiger partial charge >= 0.3 is 19.8 Å². The molecule has 13 heteroatoms. The lowest BCUT2D eigenvalue weighted by Gasteiger charge is -2.24. The zero-order valence-electron chi connectivity index (χ0n) is 40.4. The van der Waals surface area contributed by atoms with Gasteiger partial charge in [-0.1, -0.05) is 197 Å². The molecule has 0 saturated carbocycles. The minimum atomic E-state index is -4.46. The summed E-state index contributed by atoms with van der Waals surface area (Å²) in [5.41, 5.74) is 0. The van der Waals surface area contributed by atoms with E-state index < -0.39 is 50.8 Å². The first-order valence-corrected chi connectivity index (χ1v) is 26.2. The molecular formula is C50H93NO11P+. The van der Waals surface area contributed by atoms with Crippen molar-refractivity contribution in [3.05, 3.63) is 48.6 Å². The highest BCUT2D eigenvalue weighted by molar-refractivity contribution is 7.47. The fourth-order valence-corrected chi connectivity index (χ4v) is 7.43. The minimum absolute atomic E-state index is 0.0237. The number of likely N-dealkylation sites (N-methyl/N-ethyl adjacent to an activating group) is 1. The summed E-state index contributed by atoms with van der Waals surface area (Å²) >= 11 is 0. The first-order chi connectivity index (χ1) is 30.2. The van der Waals surface area contributed by atoms with Crippen molar-refractivity contribution in [2.24, 2.45) is 0 Å². The predicted molar refractivity (Wildman–Crippen MR) is 256 cm³/mol. The van der Waals surface area contributed by atoms with Crippen molar-refractivity contribution in [3.8, 4) is 0 Å². The van der Waals surface area contributed by atoms with Crippen LogP contribution in [0.2, 0.25) is 0 Å². The Balaban J connectivity index is 4.56. The summed E-state index contributed by atoms with van der Waals surface area (Å²) in [5.74, 6) is -1.12. The van der Waals surface area contributed by atoms with Gasteiger partial charge in [-0.15, -0.1) is 0 Å². The number of quaternary nitrogens is 1. The van der Waals surface area contributed by atoms with Crippen LogP contribution < -0.4 is 0 Å². The number of rotatable bonds is 44. The number of carbonyl (C=O) groups excluding carboxylic acids is 2. The number of carbonyl (C=O) groups is 2. The number of unbranched alkanes of at least 4 members (excludes halogenated alkanes) is 20. The predicted octanol–water partition coefficient (Wildman–Crippen LogP) is 11.2. The molecule has 4 N–H and O–H groups in total. The largest absolute Gasteiger partial charge is 0.472 e. The molecule has 0 aromatic rings. The van der Waals surface area contributed by atoms with Crippen molar-refractivity contribution in [2.75, 3.05) is 47.5 Å². The third kappa shape index (κ3) is 43.5. The first-order valence-electron chi connectivity index (χ1n) is 24.7. The number of hydrogen-bond acceptors (Lipinski definition) is 10. The molecule has 0 aliphatic carbocycles. The summed E-state index contributed by atoms with van der Waals surface area (Å²) in [5, 5.41) is 30.6. The van der Waals surface area contributed by atoms with Crippen LogP contribution in [0.4, 0.5) is 0 Å². The van der Waals surface area contributed by atoms with Crippen molar-refractivity contribution < 1.29 is 57.4 Å². The zero-order chi connectivity index (χ0) is 46.9. The standard InChI is InChI=1S/C50H92NO11P/c1-6-8-10-11-12-13-14-15-16-17-18-19-20-21-22-23-24-29-33-39-50(56)62-46(44-61-63(57,58)60-42-41-51(3,4)5)43-59-49(55)40-34-38-48(54)47(53)37-32-28-26-25-27-31-36-45(52)35-30-9-7-2/h25-28,31-32,36-37,45-48,52-54H,6-24,29-30,33-35,38-44H2,1-5H3/p+1/b27-25-,28-26+,36-31+,37-32+/t45-,46-,47-,48-/m1/s1. The van der Waals surface area contributed by atoms with Crippen LogP contribution in [0.5, 0.6) is 0 Å². The summed E-state index contributed by atoms with van der Waals surface area (Å²) in [7, 11) is 1.29.